The third-order valence-corrected chi connectivity index (χ3v) is 17.9. The standard InChI is InChI=1S/C34H16N2O2S.2C15H28O2.2Pt/c1-3-13-29-19(7-1)25-17-35-27(15-31(25)37-29)23-11-5-9-21-22-10-6-12-24(34(22)39-33(21)23)28-16-32-26(18-36-28)20-8-2-4-14-30(20)38-32;2*1-7-14(5,8-2)12(16)11-13(17)15(6,9-3)10-4;;/h1-10,13-18H;2*11,16H,7-10H2,1-6H3;;/q-2;;;;/b;2*12-11-;;. The Morgan fingerprint density at radius 3 is 1.16 bits per heavy atom. The Labute approximate surface area is 476 Å². The molecule has 402 valence electrons. The van der Waals surface area contributed by atoms with Gasteiger partial charge in [0.1, 0.15) is 33.9 Å². The van der Waals surface area contributed by atoms with E-state index in [1.54, 1.807) is 11.3 Å². The average Bonchev–Trinajstić information content (AvgIpc) is 4.13. The van der Waals surface area contributed by atoms with E-state index in [1.807, 2.05) is 156 Å². The number of hydrogen-bond acceptors (Lipinski definition) is 9. The third-order valence-electron chi connectivity index (χ3n) is 16.6. The number of fused-ring (bicyclic) bond motifs is 9. The fourth-order valence-electron chi connectivity index (χ4n) is 8.97. The molecule has 9 rings (SSSR count). The molecule has 2 N–H and O–H groups in total. The summed E-state index contributed by atoms with van der Waals surface area (Å²) in [5.74, 6) is 0.572. The normalized spacial score (nSPS) is 12.6. The van der Waals surface area contributed by atoms with Crippen LogP contribution in [0.1, 0.15) is 134 Å². The molecule has 0 aliphatic heterocycles. The third kappa shape index (κ3) is 12.2. The first kappa shape index (κ1) is 60.7. The van der Waals surface area contributed by atoms with E-state index >= 15 is 0 Å². The summed E-state index contributed by atoms with van der Waals surface area (Å²) < 4.78 is 14.5. The maximum Gasteiger partial charge on any atom is 0.164 e. The fourth-order valence-corrected chi connectivity index (χ4v) is 10.3. The Morgan fingerprint density at radius 1 is 0.493 bits per heavy atom. The van der Waals surface area contributed by atoms with Crippen molar-refractivity contribution in [3.05, 3.63) is 133 Å². The predicted octanol–water partition coefficient (Wildman–Crippen LogP) is 18.9. The molecule has 75 heavy (non-hydrogen) atoms. The Kier molecular flexibility index (Phi) is 20.5. The van der Waals surface area contributed by atoms with Crippen LogP contribution in [0.5, 0.6) is 0 Å². The van der Waals surface area contributed by atoms with E-state index in [0.29, 0.717) is 0 Å². The van der Waals surface area contributed by atoms with Crippen molar-refractivity contribution < 1.29 is 70.8 Å². The van der Waals surface area contributed by atoms with Gasteiger partial charge in [0.15, 0.2) is 11.6 Å². The number of rotatable bonds is 16. The number of hydrogen-bond donors (Lipinski definition) is 2. The summed E-state index contributed by atoms with van der Waals surface area (Å²) in [6, 6.07) is 35.3. The minimum absolute atomic E-state index is 0. The van der Waals surface area contributed by atoms with E-state index in [9.17, 15) is 19.8 Å². The van der Waals surface area contributed by atoms with Crippen molar-refractivity contribution in [3.63, 3.8) is 0 Å². The van der Waals surface area contributed by atoms with E-state index < -0.39 is 0 Å². The predicted molar refractivity (Wildman–Crippen MR) is 304 cm³/mol. The van der Waals surface area contributed by atoms with Gasteiger partial charge in [-0.25, -0.2) is 11.3 Å². The summed E-state index contributed by atoms with van der Waals surface area (Å²) >= 11 is 1.72. The molecule has 0 aliphatic rings. The summed E-state index contributed by atoms with van der Waals surface area (Å²) in [5.41, 5.74) is 5.77. The fraction of sp³-hybridized carbons (Fsp3) is 0.375. The maximum absolute atomic E-state index is 12.2. The van der Waals surface area contributed by atoms with Crippen LogP contribution in [0, 0.1) is 33.8 Å². The van der Waals surface area contributed by atoms with Crippen molar-refractivity contribution in [2.24, 2.45) is 21.7 Å². The summed E-state index contributed by atoms with van der Waals surface area (Å²) in [4.78, 5) is 34.0. The smallest absolute Gasteiger partial charge is 0.164 e. The van der Waals surface area contributed by atoms with Gasteiger partial charge in [-0.3, -0.25) is 9.59 Å². The van der Waals surface area contributed by atoms with Gasteiger partial charge in [-0.15, -0.1) is 58.3 Å². The first-order chi connectivity index (χ1) is 34.9. The molecule has 0 saturated carbocycles. The number of ketones is 2. The van der Waals surface area contributed by atoms with Gasteiger partial charge in [-0.05, 0) is 87.0 Å². The molecule has 0 amide bonds. The van der Waals surface area contributed by atoms with E-state index in [4.69, 9.17) is 18.8 Å². The molecule has 0 atom stereocenters. The van der Waals surface area contributed by atoms with Crippen molar-refractivity contribution >= 4 is 87.0 Å². The van der Waals surface area contributed by atoms with E-state index in [0.717, 1.165) is 138 Å². The van der Waals surface area contributed by atoms with Gasteiger partial charge in [0.2, 0.25) is 0 Å². The van der Waals surface area contributed by atoms with Crippen LogP contribution in [0.25, 0.3) is 86.6 Å². The number of furan rings is 2. The van der Waals surface area contributed by atoms with Crippen molar-refractivity contribution in [2.45, 2.75) is 134 Å². The molecule has 0 saturated heterocycles. The summed E-state index contributed by atoms with van der Waals surface area (Å²) in [6.07, 6.45) is 13.3. The molecule has 0 unspecified atom stereocenters. The molecule has 0 radical (unpaired) electrons. The van der Waals surface area contributed by atoms with Crippen LogP contribution >= 0.6 is 11.3 Å². The molecule has 9 aromatic rings. The minimum Gasteiger partial charge on any atom is -0.512 e. The van der Waals surface area contributed by atoms with E-state index in [2.05, 4.69) is 36.4 Å². The molecule has 0 aliphatic carbocycles. The first-order valence-electron chi connectivity index (χ1n) is 26.1. The van der Waals surface area contributed by atoms with Crippen LogP contribution in [0.2, 0.25) is 0 Å². The Balaban J connectivity index is 0.000000245. The Bertz CT molecular complexity index is 3260. The van der Waals surface area contributed by atoms with Crippen LogP contribution in [0.15, 0.2) is 130 Å². The van der Waals surface area contributed by atoms with Gasteiger partial charge in [0.05, 0.1) is 0 Å². The van der Waals surface area contributed by atoms with E-state index in [-0.39, 0.29) is 86.9 Å². The average molecular weight is 1390 g/mol. The van der Waals surface area contributed by atoms with Crippen molar-refractivity contribution in [1.82, 2.24) is 9.97 Å². The molecule has 5 aromatic heterocycles. The number of aromatic nitrogens is 2. The van der Waals surface area contributed by atoms with E-state index in [1.165, 1.54) is 12.2 Å². The zero-order chi connectivity index (χ0) is 52.9. The zero-order valence-corrected chi connectivity index (χ0v) is 50.9. The monoisotopic (exact) mass is 1390 g/mol. The molecule has 4 aromatic carbocycles. The van der Waals surface area contributed by atoms with Crippen molar-refractivity contribution in [3.8, 4) is 22.5 Å². The summed E-state index contributed by atoms with van der Waals surface area (Å²) in [6.45, 7) is 24.2. The van der Waals surface area contributed by atoms with Gasteiger partial charge >= 0.3 is 0 Å². The second-order valence-corrected chi connectivity index (χ2v) is 21.5. The van der Waals surface area contributed by atoms with Crippen molar-refractivity contribution in [2.75, 3.05) is 0 Å². The second-order valence-electron chi connectivity index (χ2n) is 20.5. The minimum atomic E-state index is -0.337. The molecular formula is C64H72N2O6Pt2S-2. The van der Waals surface area contributed by atoms with Crippen LogP contribution in [0.4, 0.5) is 0 Å². The summed E-state index contributed by atoms with van der Waals surface area (Å²) in [7, 11) is 0. The van der Waals surface area contributed by atoms with Crippen LogP contribution in [-0.4, -0.2) is 31.7 Å². The number of aliphatic hydroxyl groups excluding tert-OH is 2. The number of nitrogens with zero attached hydrogens (tertiary/aromatic N) is 2. The molecule has 0 fully saturated rings. The molecule has 5 heterocycles. The largest absolute Gasteiger partial charge is 0.512 e. The molecular weight excluding hydrogens is 1310 g/mol. The Morgan fingerprint density at radius 2 is 0.827 bits per heavy atom. The first-order valence-corrected chi connectivity index (χ1v) is 27.0. The number of pyridine rings is 2. The molecule has 8 nitrogen and oxygen atoms in total. The number of carbonyl (C=O) groups is 2. The van der Waals surface area contributed by atoms with Gasteiger partial charge in [-0.2, -0.15) is 0 Å². The maximum atomic E-state index is 12.2. The number of allylic oxidation sites excluding steroid dienone is 4. The topological polar surface area (TPSA) is 127 Å². The number of aliphatic hydroxyl groups is 2. The number of carbonyl (C=O) groups excluding carboxylic acids is 2. The molecule has 0 spiro atoms. The van der Waals surface area contributed by atoms with Crippen LogP contribution in [0.3, 0.4) is 0 Å². The zero-order valence-electron chi connectivity index (χ0n) is 45.5. The van der Waals surface area contributed by atoms with Gasteiger partial charge in [0, 0.05) is 110 Å². The van der Waals surface area contributed by atoms with Crippen molar-refractivity contribution in [1.29, 1.82) is 0 Å². The number of thiophene rings is 1. The number of para-hydroxylation sites is 2. The number of benzene rings is 4. The van der Waals surface area contributed by atoms with Crippen LogP contribution < -0.4 is 0 Å². The second kappa shape index (κ2) is 25.3. The van der Waals surface area contributed by atoms with Gasteiger partial charge in [-0.1, -0.05) is 129 Å². The summed E-state index contributed by atoms with van der Waals surface area (Å²) in [5, 5.41) is 26.8. The SMILES string of the molecule is CCC(C)(CC)C(=O)/C=C(\O)C(C)(CC)CC.CCC(C)(CC)C(=O)/C=C(\O)C(C)(CC)CC.[Pt].[Pt].[c-]1ccc2c(sc3c(-c4cc5oc6ccccc6c5cn4)[c-]ccc32)c1-c1cc2oc3ccccc3c2cn1. The molecule has 0 bridgehead atoms. The van der Waals surface area contributed by atoms with Crippen LogP contribution in [-0.2, 0) is 51.7 Å². The molecule has 11 heteroatoms. The quantitative estimate of drug-likeness (QED) is 0.0556. The van der Waals surface area contributed by atoms with Gasteiger partial charge in [0.25, 0.3) is 0 Å². The Hall–Kier alpha value is -5.20. The van der Waals surface area contributed by atoms with Gasteiger partial charge < -0.3 is 29.0 Å².